The molecule has 466 valence electrons. The molecule has 19 rings (SSSR count). The van der Waals surface area contributed by atoms with Crippen molar-refractivity contribution in [3.8, 4) is 107 Å². The number of para-hydroxylation sites is 4. The van der Waals surface area contributed by atoms with E-state index >= 15 is 0 Å². The summed E-state index contributed by atoms with van der Waals surface area (Å²) in [5, 5.41) is 2.29. The van der Waals surface area contributed by atoms with Gasteiger partial charge in [-0.2, -0.15) is 0 Å². The summed E-state index contributed by atoms with van der Waals surface area (Å²) >= 11 is 0. The van der Waals surface area contributed by atoms with Crippen LogP contribution in [0.2, 0.25) is 0 Å². The van der Waals surface area contributed by atoms with E-state index in [0.29, 0.717) is 11.6 Å². The first-order valence-electron chi connectivity index (χ1n) is 34.0. The molecule has 8 heteroatoms. The maximum Gasteiger partial charge on any atom is 0.252 e. The first kappa shape index (κ1) is 58.1. The molecule has 17 aromatic rings. The zero-order valence-corrected chi connectivity index (χ0v) is 54.3. The Morgan fingerprint density at radius 1 is 0.220 bits per heavy atom. The second kappa shape index (κ2) is 24.4. The Balaban J connectivity index is 0.846. The summed E-state index contributed by atoms with van der Waals surface area (Å²) in [6.45, 7) is -0.0131. The van der Waals surface area contributed by atoms with Gasteiger partial charge in [0, 0.05) is 78.3 Å². The highest BCUT2D eigenvalue weighted by Gasteiger charge is 2.43. The predicted octanol–water partition coefficient (Wildman–Crippen LogP) is 21.4. The lowest BCUT2D eigenvalue weighted by Gasteiger charge is -2.44. The van der Waals surface area contributed by atoms with E-state index in [2.05, 4.69) is 354 Å². The van der Waals surface area contributed by atoms with Crippen molar-refractivity contribution < 1.29 is 0 Å². The van der Waals surface area contributed by atoms with Crippen LogP contribution in [0.3, 0.4) is 0 Å². The maximum atomic E-state index is 5.84. The molecule has 0 spiro atoms. The third-order valence-corrected chi connectivity index (χ3v) is 19.8. The molecule has 0 unspecified atom stereocenters. The standard InChI is InChI=1S/C92H60BN7/c1-8-27-61(28-9-1)67-47-50-83-74(54-67)75-55-68(62-29-10-2-11-30-62)48-51-84(75)100(83)85-52-49-69(81-59-79(63-31-12-3-13-32-63)94-91(96-81)65-35-16-5-17-36-65)56-76(85)82-60-80(64-33-14-4-15-34-64)95-92(97-82)70-38-26-37-66(53-70)71-57-88-90-89(58-71)99(73-41-20-7-21-42-73)87-46-25-23-44-78(87)93(90)77-43-22-24-45-86(77)98(88)72-39-18-6-19-40-72/h1-60H. The molecule has 2 aliphatic rings. The van der Waals surface area contributed by atoms with Crippen LogP contribution >= 0.6 is 0 Å². The molecule has 0 amide bonds. The van der Waals surface area contributed by atoms with Crippen molar-refractivity contribution in [1.82, 2.24) is 24.5 Å². The third kappa shape index (κ3) is 10.2. The van der Waals surface area contributed by atoms with Crippen LogP contribution in [0, 0.1) is 0 Å². The summed E-state index contributed by atoms with van der Waals surface area (Å²) in [7, 11) is 0. The summed E-state index contributed by atoms with van der Waals surface area (Å²) in [5.41, 5.74) is 29.1. The summed E-state index contributed by atoms with van der Waals surface area (Å²) < 4.78 is 2.43. The van der Waals surface area contributed by atoms with E-state index in [1.807, 2.05) is 24.3 Å². The topological polar surface area (TPSA) is 63.0 Å². The zero-order chi connectivity index (χ0) is 66.0. The largest absolute Gasteiger partial charge is 0.311 e. The molecule has 5 heterocycles. The molecule has 0 bridgehead atoms. The summed E-state index contributed by atoms with van der Waals surface area (Å²) in [6, 6.07) is 131. The molecular formula is C92H60BN7. The zero-order valence-electron chi connectivity index (χ0n) is 54.3. The minimum Gasteiger partial charge on any atom is -0.311 e. The molecule has 14 aromatic carbocycles. The molecule has 100 heavy (non-hydrogen) atoms. The van der Waals surface area contributed by atoms with Crippen LogP contribution in [0.4, 0.5) is 34.1 Å². The molecule has 0 radical (unpaired) electrons. The molecule has 7 nitrogen and oxygen atoms in total. The van der Waals surface area contributed by atoms with Gasteiger partial charge in [-0.25, -0.2) is 19.9 Å². The highest BCUT2D eigenvalue weighted by molar-refractivity contribution is 7.00. The van der Waals surface area contributed by atoms with Crippen molar-refractivity contribution in [1.29, 1.82) is 0 Å². The number of hydrogen-bond donors (Lipinski definition) is 0. The van der Waals surface area contributed by atoms with Gasteiger partial charge in [0.25, 0.3) is 6.71 Å². The molecular weight excluding hydrogens is 1210 g/mol. The van der Waals surface area contributed by atoms with Gasteiger partial charge in [-0.15, -0.1) is 0 Å². The Bertz CT molecular complexity index is 5700. The van der Waals surface area contributed by atoms with E-state index in [-0.39, 0.29) is 6.71 Å². The normalized spacial score (nSPS) is 12.1. The quantitative estimate of drug-likeness (QED) is 0.114. The highest BCUT2D eigenvalue weighted by atomic mass is 15.2. The van der Waals surface area contributed by atoms with E-state index in [9.17, 15) is 0 Å². The SMILES string of the molecule is c1ccc(-c2ccc3c(c2)c2cc(-c4ccccc4)ccc2n3-c2ccc(-c3cc(-c4ccccc4)nc(-c4ccccc4)n3)cc2-c2cc(-c3ccccc3)nc(-c3cccc(-c4cc5c6c(c4)N(c4ccccc4)c4ccccc4B6c4ccccc4N5c4ccccc4)c3)n2)cc1. The third-order valence-electron chi connectivity index (χ3n) is 19.8. The first-order chi connectivity index (χ1) is 49.6. The Morgan fingerprint density at radius 2 is 0.600 bits per heavy atom. The van der Waals surface area contributed by atoms with Gasteiger partial charge in [0.2, 0.25) is 0 Å². The average molecular weight is 1270 g/mol. The molecule has 0 saturated heterocycles. The lowest BCUT2D eigenvalue weighted by molar-refractivity contribution is 1.15. The van der Waals surface area contributed by atoms with Crippen LogP contribution in [0.15, 0.2) is 364 Å². The molecule has 2 aliphatic heterocycles. The van der Waals surface area contributed by atoms with Gasteiger partial charge in [-0.1, -0.05) is 261 Å². The number of benzene rings is 14. The second-order valence-corrected chi connectivity index (χ2v) is 25.7. The van der Waals surface area contributed by atoms with Gasteiger partial charge < -0.3 is 14.4 Å². The van der Waals surface area contributed by atoms with Gasteiger partial charge >= 0.3 is 0 Å². The molecule has 0 aliphatic carbocycles. The minimum absolute atomic E-state index is 0.0131. The van der Waals surface area contributed by atoms with Crippen molar-refractivity contribution >= 4 is 79.0 Å². The first-order valence-corrected chi connectivity index (χ1v) is 34.0. The fourth-order valence-corrected chi connectivity index (χ4v) is 15.2. The van der Waals surface area contributed by atoms with Crippen LogP contribution in [0.1, 0.15) is 0 Å². The second-order valence-electron chi connectivity index (χ2n) is 25.7. The Kier molecular flexibility index (Phi) is 14.2. The number of rotatable bonds is 12. The molecule has 0 fully saturated rings. The van der Waals surface area contributed by atoms with E-state index in [1.165, 1.54) is 16.4 Å². The number of anilines is 6. The molecule has 0 atom stereocenters. The number of fused-ring (bicyclic) bond motifs is 7. The van der Waals surface area contributed by atoms with E-state index in [1.54, 1.807) is 0 Å². The van der Waals surface area contributed by atoms with Gasteiger partial charge in [0.15, 0.2) is 11.6 Å². The van der Waals surface area contributed by atoms with Crippen LogP contribution in [-0.4, -0.2) is 31.2 Å². The Labute approximate surface area is 580 Å². The van der Waals surface area contributed by atoms with Crippen LogP contribution in [0.25, 0.3) is 129 Å². The molecule has 3 aromatic heterocycles. The monoisotopic (exact) mass is 1270 g/mol. The smallest absolute Gasteiger partial charge is 0.252 e. The van der Waals surface area contributed by atoms with E-state index in [0.717, 1.165) is 151 Å². The van der Waals surface area contributed by atoms with E-state index < -0.39 is 0 Å². The predicted molar refractivity (Wildman–Crippen MR) is 415 cm³/mol. The highest BCUT2D eigenvalue weighted by Crippen LogP contribution is 2.48. The average Bonchev–Trinajstić information content (AvgIpc) is 0.714. The maximum absolute atomic E-state index is 5.84. The van der Waals surface area contributed by atoms with Crippen molar-refractivity contribution in [2.24, 2.45) is 0 Å². The lowest BCUT2D eigenvalue weighted by Crippen LogP contribution is -2.61. The van der Waals surface area contributed by atoms with Crippen LogP contribution < -0.4 is 26.2 Å². The van der Waals surface area contributed by atoms with E-state index in [4.69, 9.17) is 19.9 Å². The van der Waals surface area contributed by atoms with Gasteiger partial charge in [-0.05, 0) is 153 Å². The number of aromatic nitrogens is 5. The summed E-state index contributed by atoms with van der Waals surface area (Å²) in [6.07, 6.45) is 0. The Morgan fingerprint density at radius 3 is 1.11 bits per heavy atom. The summed E-state index contributed by atoms with van der Waals surface area (Å²) in [5.74, 6) is 1.23. The number of nitrogens with zero attached hydrogens (tertiary/aromatic N) is 7. The summed E-state index contributed by atoms with van der Waals surface area (Å²) in [4.78, 5) is 27.0. The fraction of sp³-hybridized carbons (Fsp3) is 0. The van der Waals surface area contributed by atoms with Crippen molar-refractivity contribution in [2.75, 3.05) is 9.80 Å². The van der Waals surface area contributed by atoms with Gasteiger partial charge in [0.05, 0.1) is 39.5 Å². The Hall–Kier alpha value is -13.3. The molecule has 0 N–H and O–H groups in total. The van der Waals surface area contributed by atoms with Gasteiger partial charge in [-0.3, -0.25) is 0 Å². The van der Waals surface area contributed by atoms with Gasteiger partial charge in [0.1, 0.15) is 0 Å². The fourth-order valence-electron chi connectivity index (χ4n) is 15.2. The van der Waals surface area contributed by atoms with Crippen molar-refractivity contribution in [2.45, 2.75) is 0 Å². The van der Waals surface area contributed by atoms with Crippen molar-refractivity contribution in [3.63, 3.8) is 0 Å². The van der Waals surface area contributed by atoms with Crippen LogP contribution in [0.5, 0.6) is 0 Å². The minimum atomic E-state index is -0.0131. The van der Waals surface area contributed by atoms with Crippen LogP contribution in [-0.2, 0) is 0 Å². The number of hydrogen-bond acceptors (Lipinski definition) is 6. The molecule has 0 saturated carbocycles. The van der Waals surface area contributed by atoms with Crippen molar-refractivity contribution in [3.05, 3.63) is 364 Å². The lowest BCUT2D eigenvalue weighted by atomic mass is 9.33.